The van der Waals surface area contributed by atoms with Crippen LogP contribution in [0.2, 0.25) is 0 Å². The summed E-state index contributed by atoms with van der Waals surface area (Å²) < 4.78 is 0. The van der Waals surface area contributed by atoms with Crippen molar-refractivity contribution in [1.29, 1.82) is 0 Å². The second kappa shape index (κ2) is 13.9. The van der Waals surface area contributed by atoms with E-state index < -0.39 is 0 Å². The van der Waals surface area contributed by atoms with Gasteiger partial charge in [-0.15, -0.1) is 0 Å². The quantitative estimate of drug-likeness (QED) is 0.231. The molecule has 4 aliphatic carbocycles. The fourth-order valence-corrected chi connectivity index (χ4v) is 9.33. The van der Waals surface area contributed by atoms with Gasteiger partial charge in [0, 0.05) is 37.3 Å². The zero-order valence-electron chi connectivity index (χ0n) is 25.5. The first kappa shape index (κ1) is 30.9. The van der Waals surface area contributed by atoms with E-state index in [4.69, 9.17) is 0 Å². The largest absolute Gasteiger partial charge is 0.507 e. The summed E-state index contributed by atoms with van der Waals surface area (Å²) >= 11 is 0. The van der Waals surface area contributed by atoms with Gasteiger partial charge < -0.3 is 10.2 Å². The van der Waals surface area contributed by atoms with Gasteiger partial charge in [0.05, 0.1) is 0 Å². The first-order valence-corrected chi connectivity index (χ1v) is 16.8. The predicted octanol–water partition coefficient (Wildman–Crippen LogP) is 11.0. The van der Waals surface area contributed by atoms with Crippen molar-refractivity contribution in [2.75, 3.05) is 0 Å². The van der Waals surface area contributed by atoms with Gasteiger partial charge in [0.1, 0.15) is 11.5 Å². The van der Waals surface area contributed by atoms with Crippen LogP contribution in [0.15, 0.2) is 72.8 Å². The van der Waals surface area contributed by atoms with Crippen LogP contribution < -0.4 is 0 Å². The van der Waals surface area contributed by atoms with E-state index in [-0.39, 0.29) is 37.7 Å². The number of phenols is 2. The van der Waals surface area contributed by atoms with Gasteiger partial charge >= 0.3 is 0 Å². The zero-order chi connectivity index (χ0) is 28.5. The van der Waals surface area contributed by atoms with Crippen LogP contribution in [-0.2, 0) is 26.2 Å². The molecule has 4 aliphatic rings. The van der Waals surface area contributed by atoms with Crippen LogP contribution in [0, 0.1) is 41.9 Å². The zero-order valence-corrected chi connectivity index (χ0v) is 27.9. The SMILES string of the molecule is Oc1ccc2ccccc2c1-c1c(O)ccc2ccccc12.[CH]1CC(CCC2CCC3CCCCC32)C2CCCC[C]12.[Zr]. The van der Waals surface area contributed by atoms with Crippen molar-refractivity contribution in [3.8, 4) is 22.6 Å². The molecule has 3 heteroatoms. The summed E-state index contributed by atoms with van der Waals surface area (Å²) in [5.41, 5.74) is 1.35. The summed E-state index contributed by atoms with van der Waals surface area (Å²) in [7, 11) is 0. The molecule has 0 saturated heterocycles. The first-order valence-electron chi connectivity index (χ1n) is 16.8. The van der Waals surface area contributed by atoms with Crippen LogP contribution in [0.1, 0.15) is 83.5 Å². The topological polar surface area (TPSA) is 40.5 Å². The Hall–Kier alpha value is -2.12. The van der Waals surface area contributed by atoms with Crippen LogP contribution in [-0.4, -0.2) is 10.2 Å². The summed E-state index contributed by atoms with van der Waals surface area (Å²) in [5.74, 6) is 7.68. The Balaban J connectivity index is 0.000000150. The van der Waals surface area contributed by atoms with Crippen LogP contribution in [0.4, 0.5) is 0 Å². The normalized spacial score (nSPS) is 26.7. The molecule has 0 aromatic heterocycles. The minimum Gasteiger partial charge on any atom is -0.507 e. The van der Waals surface area contributed by atoms with Gasteiger partial charge in [0.25, 0.3) is 0 Å². The van der Waals surface area contributed by atoms with E-state index >= 15 is 0 Å². The maximum absolute atomic E-state index is 10.4. The second-order valence-electron chi connectivity index (χ2n) is 13.6. The van der Waals surface area contributed by atoms with E-state index in [0.29, 0.717) is 11.1 Å². The van der Waals surface area contributed by atoms with Gasteiger partial charge in [-0.3, -0.25) is 0 Å². The molecule has 0 heterocycles. The molecule has 4 fully saturated rings. The van der Waals surface area contributed by atoms with Crippen LogP contribution in [0.5, 0.6) is 11.5 Å². The van der Waals surface area contributed by atoms with Crippen molar-refractivity contribution in [2.45, 2.75) is 83.5 Å². The molecule has 2 radical (unpaired) electrons. The fraction of sp³-hybridized carbons (Fsp3) is 0.450. The Bertz CT molecular complexity index is 1410. The van der Waals surface area contributed by atoms with Crippen molar-refractivity contribution >= 4 is 21.5 Å². The van der Waals surface area contributed by atoms with E-state index in [1.54, 1.807) is 50.7 Å². The van der Waals surface area contributed by atoms with E-state index in [9.17, 15) is 10.2 Å². The molecule has 0 aliphatic heterocycles. The molecule has 4 aromatic rings. The minimum absolute atomic E-state index is 0. The van der Waals surface area contributed by atoms with Crippen molar-refractivity contribution < 1.29 is 36.4 Å². The third kappa shape index (κ3) is 6.36. The summed E-state index contributed by atoms with van der Waals surface area (Å²) in [5, 5.41) is 24.8. The van der Waals surface area contributed by atoms with Crippen LogP contribution >= 0.6 is 0 Å². The standard InChI is InChI=1S/C20H14O2.C20H32.Zr/c21-17-11-9-13-5-1-3-7-15(13)19(17)20-16-8-4-2-6-14(16)10-12-18(20)22;1-3-7-19-15(5-1)9-11-17(19)13-14-18-12-10-16-6-2-4-8-20(16)18;/h1-12,21-22H;9,16-20H,1-8,10-14H2;. The van der Waals surface area contributed by atoms with Crippen molar-refractivity contribution in [1.82, 2.24) is 0 Å². The maximum atomic E-state index is 10.4. The van der Waals surface area contributed by atoms with E-state index in [2.05, 4.69) is 6.42 Å². The molecule has 0 amide bonds. The molecule has 4 aromatic carbocycles. The average Bonchev–Trinajstić information content (AvgIpc) is 3.65. The summed E-state index contributed by atoms with van der Waals surface area (Å²) in [6.07, 6.45) is 22.5. The van der Waals surface area contributed by atoms with Crippen molar-refractivity contribution in [3.63, 3.8) is 0 Å². The number of fused-ring (bicyclic) bond motifs is 4. The molecule has 8 rings (SSSR count). The third-order valence-electron chi connectivity index (χ3n) is 11.4. The summed E-state index contributed by atoms with van der Waals surface area (Å²) in [4.78, 5) is 0. The summed E-state index contributed by atoms with van der Waals surface area (Å²) in [6, 6.07) is 22.9. The molecule has 5 unspecified atom stereocenters. The second-order valence-corrected chi connectivity index (χ2v) is 13.6. The molecule has 4 saturated carbocycles. The Labute approximate surface area is 277 Å². The molecular formula is C40H46O2Zr. The molecule has 5 atom stereocenters. The number of aromatic hydroxyl groups is 2. The van der Waals surface area contributed by atoms with Gasteiger partial charge in [-0.1, -0.05) is 92.8 Å². The first-order chi connectivity index (χ1) is 20.7. The predicted molar refractivity (Wildman–Crippen MR) is 175 cm³/mol. The van der Waals surface area contributed by atoms with E-state index in [0.717, 1.165) is 51.1 Å². The minimum atomic E-state index is 0. The molecule has 2 N–H and O–H groups in total. The van der Waals surface area contributed by atoms with Gasteiger partial charge in [-0.2, -0.15) is 0 Å². The van der Waals surface area contributed by atoms with Crippen LogP contribution in [0.3, 0.4) is 0 Å². The number of phenolic OH excluding ortho intramolecular Hbond substituents is 2. The number of rotatable bonds is 4. The number of hydrogen-bond acceptors (Lipinski definition) is 2. The Kier molecular flexibility index (Phi) is 9.98. The molecule has 0 bridgehead atoms. The number of benzene rings is 4. The summed E-state index contributed by atoms with van der Waals surface area (Å²) in [6.45, 7) is 0. The number of hydrogen-bond donors (Lipinski definition) is 2. The van der Waals surface area contributed by atoms with E-state index in [1.807, 2.05) is 66.6 Å². The van der Waals surface area contributed by atoms with Gasteiger partial charge in [0.2, 0.25) is 0 Å². The Morgan fingerprint density at radius 2 is 1.19 bits per heavy atom. The molecule has 43 heavy (non-hydrogen) atoms. The Morgan fingerprint density at radius 1 is 0.581 bits per heavy atom. The smallest absolute Gasteiger partial charge is 0.124 e. The fourth-order valence-electron chi connectivity index (χ4n) is 9.33. The van der Waals surface area contributed by atoms with Gasteiger partial charge in [-0.05, 0) is 127 Å². The maximum Gasteiger partial charge on any atom is 0.124 e. The van der Waals surface area contributed by atoms with Crippen molar-refractivity contribution in [2.24, 2.45) is 29.6 Å². The Morgan fingerprint density at radius 3 is 1.88 bits per heavy atom. The van der Waals surface area contributed by atoms with Gasteiger partial charge in [0.15, 0.2) is 0 Å². The molecule has 2 nitrogen and oxygen atoms in total. The van der Waals surface area contributed by atoms with E-state index in [1.165, 1.54) is 44.9 Å². The molecular weight excluding hydrogens is 604 g/mol. The van der Waals surface area contributed by atoms with Crippen molar-refractivity contribution in [3.05, 3.63) is 85.1 Å². The monoisotopic (exact) mass is 648 g/mol. The molecule has 222 valence electrons. The van der Waals surface area contributed by atoms with Gasteiger partial charge in [-0.25, -0.2) is 0 Å². The third-order valence-corrected chi connectivity index (χ3v) is 11.4. The molecule has 0 spiro atoms. The average molecular weight is 650 g/mol. The van der Waals surface area contributed by atoms with Crippen LogP contribution in [0.25, 0.3) is 32.7 Å².